The van der Waals surface area contributed by atoms with Gasteiger partial charge in [-0.1, -0.05) is 18.2 Å². The number of aliphatic hydroxyl groups is 1. The van der Waals surface area contributed by atoms with Crippen LogP contribution in [-0.2, 0) is 6.54 Å². The van der Waals surface area contributed by atoms with Crippen LogP contribution in [0.15, 0.2) is 24.3 Å². The zero-order valence-electron chi connectivity index (χ0n) is 10.2. The lowest BCUT2D eigenvalue weighted by Crippen LogP contribution is -2.39. The van der Waals surface area contributed by atoms with Gasteiger partial charge < -0.3 is 15.5 Å². The van der Waals surface area contributed by atoms with E-state index >= 15 is 0 Å². The Morgan fingerprint density at radius 3 is 2.59 bits per heavy atom. The molecule has 17 heavy (non-hydrogen) atoms. The van der Waals surface area contributed by atoms with E-state index in [0.29, 0.717) is 18.5 Å². The van der Waals surface area contributed by atoms with Crippen LogP contribution in [0.1, 0.15) is 36.2 Å². The van der Waals surface area contributed by atoms with Crippen LogP contribution in [0, 0.1) is 0 Å². The number of rotatable bonds is 6. The highest BCUT2D eigenvalue weighted by molar-refractivity contribution is 5.89. The van der Waals surface area contributed by atoms with Crippen LogP contribution in [0.3, 0.4) is 0 Å². The molecular weight excluding hydrogens is 218 g/mol. The topological polar surface area (TPSA) is 69.6 Å². The fourth-order valence-corrected chi connectivity index (χ4v) is 1.59. The molecular formula is C13H19NO3. The first-order valence-electron chi connectivity index (χ1n) is 5.63. The maximum absolute atomic E-state index is 11.0. The summed E-state index contributed by atoms with van der Waals surface area (Å²) >= 11 is 0. The Hall–Kier alpha value is -1.39. The fourth-order valence-electron chi connectivity index (χ4n) is 1.59. The van der Waals surface area contributed by atoms with Crippen molar-refractivity contribution in [1.29, 1.82) is 0 Å². The molecule has 0 aromatic heterocycles. The van der Waals surface area contributed by atoms with E-state index in [9.17, 15) is 4.79 Å². The zero-order valence-corrected chi connectivity index (χ0v) is 10.2. The van der Waals surface area contributed by atoms with Gasteiger partial charge in [0.25, 0.3) is 0 Å². The Kier molecular flexibility index (Phi) is 4.66. The number of carbonyl (C=O) groups is 1. The molecule has 0 aliphatic rings. The van der Waals surface area contributed by atoms with E-state index in [1.54, 1.807) is 18.2 Å². The summed E-state index contributed by atoms with van der Waals surface area (Å²) < 4.78 is 0. The molecule has 0 unspecified atom stereocenters. The van der Waals surface area contributed by atoms with Crippen molar-refractivity contribution in [2.24, 2.45) is 0 Å². The average molecular weight is 237 g/mol. The molecule has 0 saturated carbocycles. The summed E-state index contributed by atoms with van der Waals surface area (Å²) in [5, 5.41) is 21.2. The minimum atomic E-state index is -0.914. The summed E-state index contributed by atoms with van der Waals surface area (Å²) in [5.74, 6) is -0.914. The molecule has 0 radical (unpaired) electrons. The first-order valence-corrected chi connectivity index (χ1v) is 5.63. The molecule has 1 rings (SSSR count). The van der Waals surface area contributed by atoms with Crippen LogP contribution < -0.4 is 5.32 Å². The molecule has 0 aliphatic heterocycles. The van der Waals surface area contributed by atoms with E-state index < -0.39 is 5.97 Å². The molecule has 4 nitrogen and oxygen atoms in total. The molecule has 0 aliphatic carbocycles. The molecule has 0 saturated heterocycles. The van der Waals surface area contributed by atoms with E-state index in [1.165, 1.54) is 0 Å². The van der Waals surface area contributed by atoms with Gasteiger partial charge in [-0.2, -0.15) is 0 Å². The second kappa shape index (κ2) is 5.80. The number of carboxylic acids is 1. The SMILES string of the molecule is CC(C)(CCO)NCc1ccccc1C(=O)O. The van der Waals surface area contributed by atoms with Gasteiger partial charge in [0.05, 0.1) is 5.56 Å². The van der Waals surface area contributed by atoms with Gasteiger partial charge in [0.1, 0.15) is 0 Å². The van der Waals surface area contributed by atoms with Crippen LogP contribution in [0.25, 0.3) is 0 Å². The van der Waals surface area contributed by atoms with Gasteiger partial charge in [-0.05, 0) is 31.9 Å². The predicted octanol–water partition coefficient (Wildman–Crippen LogP) is 1.64. The number of aromatic carboxylic acids is 1. The Bertz CT molecular complexity index is 388. The Labute approximate surface area is 101 Å². The first-order chi connectivity index (χ1) is 7.96. The third-order valence-corrected chi connectivity index (χ3v) is 2.74. The van der Waals surface area contributed by atoms with Crippen molar-refractivity contribution in [1.82, 2.24) is 5.32 Å². The Balaban J connectivity index is 2.72. The number of benzene rings is 1. The fraction of sp³-hybridized carbons (Fsp3) is 0.462. The second-order valence-corrected chi connectivity index (χ2v) is 4.67. The van der Waals surface area contributed by atoms with E-state index in [4.69, 9.17) is 10.2 Å². The third-order valence-electron chi connectivity index (χ3n) is 2.74. The van der Waals surface area contributed by atoms with Crippen molar-refractivity contribution in [3.8, 4) is 0 Å². The summed E-state index contributed by atoms with van der Waals surface area (Å²) in [6.45, 7) is 4.55. The van der Waals surface area contributed by atoms with Gasteiger partial charge >= 0.3 is 5.97 Å². The van der Waals surface area contributed by atoms with Crippen molar-refractivity contribution in [2.45, 2.75) is 32.4 Å². The number of hydrogen-bond acceptors (Lipinski definition) is 3. The predicted molar refractivity (Wildman–Crippen MR) is 66.0 cm³/mol. The third kappa shape index (κ3) is 4.17. The van der Waals surface area contributed by atoms with Gasteiger partial charge in [-0.15, -0.1) is 0 Å². The lowest BCUT2D eigenvalue weighted by Gasteiger charge is -2.25. The van der Waals surface area contributed by atoms with Crippen molar-refractivity contribution < 1.29 is 15.0 Å². The number of nitrogens with one attached hydrogen (secondary N) is 1. The molecule has 94 valence electrons. The average Bonchev–Trinajstić information content (AvgIpc) is 2.27. The summed E-state index contributed by atoms with van der Waals surface area (Å²) in [7, 11) is 0. The lowest BCUT2D eigenvalue weighted by atomic mass is 10.00. The molecule has 3 N–H and O–H groups in total. The minimum Gasteiger partial charge on any atom is -0.478 e. The van der Waals surface area contributed by atoms with E-state index in [-0.39, 0.29) is 12.1 Å². The van der Waals surface area contributed by atoms with Crippen LogP contribution in [0.5, 0.6) is 0 Å². The highest BCUT2D eigenvalue weighted by Gasteiger charge is 2.17. The van der Waals surface area contributed by atoms with Crippen molar-refractivity contribution >= 4 is 5.97 Å². The van der Waals surface area contributed by atoms with Gasteiger partial charge in [0.15, 0.2) is 0 Å². The van der Waals surface area contributed by atoms with Crippen LogP contribution in [0.2, 0.25) is 0 Å². The van der Waals surface area contributed by atoms with Gasteiger partial charge in [-0.25, -0.2) is 4.79 Å². The Morgan fingerprint density at radius 1 is 1.35 bits per heavy atom. The minimum absolute atomic E-state index is 0.112. The first kappa shape index (κ1) is 13.7. The second-order valence-electron chi connectivity index (χ2n) is 4.67. The molecule has 0 bridgehead atoms. The lowest BCUT2D eigenvalue weighted by molar-refractivity contribution is 0.0695. The van der Waals surface area contributed by atoms with Crippen LogP contribution in [-0.4, -0.2) is 28.3 Å². The van der Waals surface area contributed by atoms with Gasteiger partial charge in [-0.3, -0.25) is 0 Å². The van der Waals surface area contributed by atoms with Crippen LogP contribution >= 0.6 is 0 Å². The maximum Gasteiger partial charge on any atom is 0.336 e. The van der Waals surface area contributed by atoms with Gasteiger partial charge in [0, 0.05) is 18.7 Å². The summed E-state index contributed by atoms with van der Waals surface area (Å²) in [5.41, 5.74) is 0.867. The van der Waals surface area contributed by atoms with E-state index in [0.717, 1.165) is 5.56 Å². The van der Waals surface area contributed by atoms with Gasteiger partial charge in [0.2, 0.25) is 0 Å². The molecule has 0 atom stereocenters. The molecule has 0 fully saturated rings. The number of carboxylic acid groups (broad SMARTS) is 1. The zero-order chi connectivity index (χ0) is 12.9. The van der Waals surface area contributed by atoms with E-state index in [2.05, 4.69) is 5.32 Å². The summed E-state index contributed by atoms with van der Waals surface area (Å²) in [4.78, 5) is 11.0. The van der Waals surface area contributed by atoms with Crippen molar-refractivity contribution in [2.75, 3.05) is 6.61 Å². The molecule has 4 heteroatoms. The van der Waals surface area contributed by atoms with Crippen molar-refractivity contribution in [3.05, 3.63) is 35.4 Å². The van der Waals surface area contributed by atoms with E-state index in [1.807, 2.05) is 19.9 Å². The molecule has 0 amide bonds. The van der Waals surface area contributed by atoms with Crippen molar-refractivity contribution in [3.63, 3.8) is 0 Å². The summed E-state index contributed by atoms with van der Waals surface area (Å²) in [6.07, 6.45) is 0.627. The quantitative estimate of drug-likeness (QED) is 0.703. The highest BCUT2D eigenvalue weighted by Crippen LogP contribution is 2.12. The Morgan fingerprint density at radius 2 is 2.00 bits per heavy atom. The number of hydrogen-bond donors (Lipinski definition) is 3. The van der Waals surface area contributed by atoms with Crippen LogP contribution in [0.4, 0.5) is 0 Å². The smallest absolute Gasteiger partial charge is 0.336 e. The maximum atomic E-state index is 11.0. The monoisotopic (exact) mass is 237 g/mol. The molecule has 1 aromatic rings. The molecule has 0 spiro atoms. The molecule has 0 heterocycles. The normalized spacial score (nSPS) is 11.5. The number of aliphatic hydroxyl groups excluding tert-OH is 1. The molecule has 1 aromatic carbocycles. The highest BCUT2D eigenvalue weighted by atomic mass is 16.4. The summed E-state index contributed by atoms with van der Waals surface area (Å²) in [6, 6.07) is 6.93. The standard InChI is InChI=1S/C13H19NO3/c1-13(2,7-8-15)14-9-10-5-3-4-6-11(10)12(16)17/h3-6,14-15H,7-9H2,1-2H3,(H,16,17). The largest absolute Gasteiger partial charge is 0.478 e.